The number of fused-ring (bicyclic) bond motifs is 2. The molecule has 7 rings (SSSR count). The number of hydrogen-bond donors (Lipinski definition) is 2. The van der Waals surface area contributed by atoms with E-state index in [-0.39, 0.29) is 18.2 Å². The number of anilines is 2. The molecule has 0 saturated carbocycles. The summed E-state index contributed by atoms with van der Waals surface area (Å²) < 4.78 is 42.1. The Hall–Kier alpha value is -6.40. The van der Waals surface area contributed by atoms with Gasteiger partial charge in [0.15, 0.2) is 0 Å². The summed E-state index contributed by atoms with van der Waals surface area (Å²) in [4.78, 5) is 18.9. The van der Waals surface area contributed by atoms with Crippen LogP contribution in [-0.4, -0.2) is 68.8 Å². The van der Waals surface area contributed by atoms with Gasteiger partial charge in [0, 0.05) is 72.9 Å². The highest BCUT2D eigenvalue weighted by Crippen LogP contribution is 2.17. The molecule has 0 bridgehead atoms. The highest BCUT2D eigenvalue weighted by molar-refractivity contribution is 7.86. The number of aromatic amines is 2. The van der Waals surface area contributed by atoms with Crippen LogP contribution in [0.2, 0.25) is 0 Å². The fourth-order valence-corrected chi connectivity index (χ4v) is 6.27. The van der Waals surface area contributed by atoms with Gasteiger partial charge in [0.05, 0.1) is 22.9 Å². The summed E-state index contributed by atoms with van der Waals surface area (Å²) in [5.41, 5.74) is 8.04. The minimum atomic E-state index is -3.76. The lowest BCUT2D eigenvalue weighted by Crippen LogP contribution is -2.24. The third kappa shape index (κ3) is 9.92. The lowest BCUT2D eigenvalue weighted by atomic mass is 10.2. The van der Waals surface area contributed by atoms with Gasteiger partial charge in [-0.1, -0.05) is 29.5 Å². The van der Waals surface area contributed by atoms with Crippen LogP contribution in [0.15, 0.2) is 126 Å². The number of aromatic nitrogens is 4. The normalized spacial score (nSPS) is 10.8. The van der Waals surface area contributed by atoms with Crippen LogP contribution in [-0.2, 0) is 14.3 Å². The number of hydrogen-bond acceptors (Lipinski definition) is 7. The van der Waals surface area contributed by atoms with Crippen molar-refractivity contribution in [1.82, 2.24) is 19.9 Å². The maximum Gasteiger partial charge on any atom is 0.297 e. The molecule has 9 nitrogen and oxygen atoms in total. The number of alkyl halides is 1. The van der Waals surface area contributed by atoms with Crippen LogP contribution >= 0.6 is 0 Å². The number of benzene rings is 3. The van der Waals surface area contributed by atoms with Crippen LogP contribution in [0.3, 0.4) is 0 Å². The summed E-state index contributed by atoms with van der Waals surface area (Å²) in [5.74, 6) is 12.5. The van der Waals surface area contributed by atoms with Crippen molar-refractivity contribution in [1.29, 1.82) is 0 Å². The molecule has 2 N–H and O–H groups in total. The zero-order valence-corrected chi connectivity index (χ0v) is 31.0. The van der Waals surface area contributed by atoms with E-state index < -0.39 is 10.1 Å². The lowest BCUT2D eigenvalue weighted by Gasteiger charge is -2.19. The van der Waals surface area contributed by atoms with E-state index in [1.54, 1.807) is 36.7 Å². The monoisotopic (exact) mass is 737 g/mol. The second-order valence-electron chi connectivity index (χ2n) is 12.5. The maximum atomic E-state index is 12.3. The highest BCUT2D eigenvalue weighted by atomic mass is 32.2. The van der Waals surface area contributed by atoms with E-state index in [2.05, 4.69) is 43.6 Å². The maximum absolute atomic E-state index is 12.3. The van der Waals surface area contributed by atoms with Gasteiger partial charge in [-0.25, -0.2) is 14.4 Å². The Morgan fingerprint density at radius 3 is 1.61 bits per heavy atom. The number of rotatable bonds is 9. The van der Waals surface area contributed by atoms with E-state index in [0.29, 0.717) is 13.1 Å². The first-order chi connectivity index (χ1) is 26.2. The van der Waals surface area contributed by atoms with Crippen molar-refractivity contribution in [2.45, 2.75) is 11.8 Å². The van der Waals surface area contributed by atoms with Gasteiger partial charge in [0.2, 0.25) is 0 Å². The van der Waals surface area contributed by atoms with Crippen LogP contribution in [0.4, 0.5) is 15.8 Å². The van der Waals surface area contributed by atoms with Crippen molar-refractivity contribution >= 4 is 43.6 Å². The summed E-state index contributed by atoms with van der Waals surface area (Å²) in [6.45, 7) is 2.43. The first-order valence-corrected chi connectivity index (χ1v) is 18.6. The van der Waals surface area contributed by atoms with E-state index in [1.165, 1.54) is 0 Å². The molecule has 7 aromatic rings. The van der Waals surface area contributed by atoms with E-state index in [1.807, 2.05) is 116 Å². The molecule has 0 spiro atoms. The van der Waals surface area contributed by atoms with E-state index in [0.717, 1.165) is 61.5 Å². The third-order valence-electron chi connectivity index (χ3n) is 8.48. The molecule has 4 aromatic heterocycles. The summed E-state index contributed by atoms with van der Waals surface area (Å²) >= 11 is 0. The second-order valence-corrected chi connectivity index (χ2v) is 14.1. The van der Waals surface area contributed by atoms with Gasteiger partial charge in [-0.3, -0.25) is 4.18 Å². The van der Waals surface area contributed by atoms with Gasteiger partial charge in [-0.15, -0.1) is 0 Å². The van der Waals surface area contributed by atoms with Crippen molar-refractivity contribution in [2.75, 3.05) is 50.3 Å². The average molecular weight is 738 g/mol. The Kier molecular flexibility index (Phi) is 12.0. The fraction of sp³-hybridized carbons (Fsp3) is 0.163. The molecule has 4 heterocycles. The first kappa shape index (κ1) is 37.4. The summed E-state index contributed by atoms with van der Waals surface area (Å²) in [6.07, 6.45) is 3.50. The summed E-state index contributed by atoms with van der Waals surface area (Å²) in [7, 11) is 0.00413. The van der Waals surface area contributed by atoms with Crippen LogP contribution in [0.1, 0.15) is 28.1 Å². The second kappa shape index (κ2) is 17.4. The molecule has 0 atom stereocenters. The van der Waals surface area contributed by atoms with Crippen LogP contribution in [0.25, 0.3) is 22.1 Å². The molecule has 54 heavy (non-hydrogen) atoms. The predicted molar refractivity (Wildman–Crippen MR) is 214 cm³/mol. The van der Waals surface area contributed by atoms with Crippen LogP contribution < -0.4 is 9.80 Å². The Bertz CT molecular complexity index is 2490. The quantitative estimate of drug-likeness (QED) is 0.117. The third-order valence-corrected chi connectivity index (χ3v) is 9.80. The molecule has 11 heteroatoms. The zero-order valence-electron chi connectivity index (χ0n) is 30.2. The fourth-order valence-electron chi connectivity index (χ4n) is 5.37. The van der Waals surface area contributed by atoms with Gasteiger partial charge in [0.1, 0.15) is 18.0 Å². The van der Waals surface area contributed by atoms with Crippen molar-refractivity contribution in [3.05, 3.63) is 150 Å². The number of H-pyrrole nitrogens is 2. The molecule has 0 fully saturated rings. The molecule has 272 valence electrons. The number of likely N-dealkylation sites (N-methyl/N-ethyl adjacent to an activating group) is 1. The number of aryl methyl sites for hydroxylation is 1. The number of pyridine rings is 2. The van der Waals surface area contributed by atoms with Gasteiger partial charge in [-0.2, -0.15) is 8.42 Å². The predicted octanol–water partition coefficient (Wildman–Crippen LogP) is 7.48. The Morgan fingerprint density at radius 2 is 1.15 bits per heavy atom. The molecule has 0 amide bonds. The average Bonchev–Trinajstić information content (AvgIpc) is 3.81. The highest BCUT2D eigenvalue weighted by Gasteiger charge is 2.15. The minimum absolute atomic E-state index is 0.0582. The molecule has 3 aromatic carbocycles. The van der Waals surface area contributed by atoms with Gasteiger partial charge < -0.3 is 19.8 Å². The molecule has 0 unspecified atom stereocenters. The largest absolute Gasteiger partial charge is 0.372 e. The number of nitrogens with zero attached hydrogens (tertiary/aromatic N) is 4. The van der Waals surface area contributed by atoms with E-state index in [9.17, 15) is 12.8 Å². The Balaban J connectivity index is 0.000000197. The van der Waals surface area contributed by atoms with Crippen molar-refractivity contribution < 1.29 is 17.0 Å². The van der Waals surface area contributed by atoms with E-state index in [4.69, 9.17) is 4.18 Å². The van der Waals surface area contributed by atoms with Gasteiger partial charge in [-0.05, 0) is 116 Å². The Morgan fingerprint density at radius 1 is 0.667 bits per heavy atom. The van der Waals surface area contributed by atoms with Crippen molar-refractivity contribution in [3.8, 4) is 23.7 Å². The molecule has 0 radical (unpaired) electrons. The molecular formula is C43H39FN6O3S. The van der Waals surface area contributed by atoms with Crippen molar-refractivity contribution in [2.24, 2.45) is 0 Å². The molecule has 0 saturated heterocycles. The molecular weight excluding hydrogens is 699 g/mol. The molecule has 0 aliphatic heterocycles. The minimum Gasteiger partial charge on any atom is -0.372 e. The molecule has 0 aliphatic carbocycles. The van der Waals surface area contributed by atoms with Gasteiger partial charge in [0.25, 0.3) is 10.1 Å². The topological polar surface area (TPSA) is 107 Å². The number of halogens is 1. The summed E-state index contributed by atoms with van der Waals surface area (Å²) in [5, 5.41) is 2.08. The Labute approximate surface area is 315 Å². The number of nitrogens with one attached hydrogen (secondary N) is 2. The van der Waals surface area contributed by atoms with Crippen molar-refractivity contribution in [3.63, 3.8) is 0 Å². The first-order valence-electron chi connectivity index (χ1n) is 17.2. The van der Waals surface area contributed by atoms with E-state index >= 15 is 0 Å². The van der Waals surface area contributed by atoms with Crippen LogP contribution in [0.5, 0.6) is 0 Å². The smallest absolute Gasteiger partial charge is 0.297 e. The SMILES string of the molecule is CN(CC[18F])c1ccc(C#Cc2cc3cccnc3[nH]2)cc1.Cc1ccc(S(=O)(=O)OCCN(C)c2ccc(C#Cc3cc4cccnc4[nH]3)cc2)cc1. The summed E-state index contributed by atoms with van der Waals surface area (Å²) in [6, 6.07) is 33.9. The lowest BCUT2D eigenvalue weighted by molar-refractivity contribution is 0.325. The van der Waals surface area contributed by atoms with Gasteiger partial charge >= 0.3 is 0 Å². The zero-order chi connectivity index (χ0) is 37.9. The van der Waals surface area contributed by atoms with Crippen LogP contribution in [0, 0.1) is 30.6 Å². The molecule has 0 aliphatic rings. The standard InChI is InChI=1S/C25H23N3O3S.C18H16FN3/c1-19-5-13-24(14-6-19)32(29,30)31-17-16-28(2)23-11-8-20(9-12-23)7-10-22-18-21-4-3-15-26-25(21)27-22;1-22(12-10-19)17-8-5-14(6-9-17)4-7-16-13-15-3-2-11-20-18(15)21-16/h3-6,8-9,11-15,18H,16-17H2,1-2H3,(H,26,27);2-3,5-6,8-9,11,13H,10,12H2,1H3,(H,20,21)/i;19-1.